The molecule has 0 saturated heterocycles. The smallest absolute Gasteiger partial charge is 0.212 e. The molecular formula is C30H27BClFN8O. The Labute approximate surface area is 248 Å². The van der Waals surface area contributed by atoms with Crippen LogP contribution >= 0.6 is 11.6 Å². The summed E-state index contributed by atoms with van der Waals surface area (Å²) >= 11 is 6.77. The van der Waals surface area contributed by atoms with Crippen LogP contribution in [0.2, 0.25) is 5.02 Å². The Bertz CT molecular complexity index is 1680. The summed E-state index contributed by atoms with van der Waals surface area (Å²) in [6, 6.07) is 18.3. The zero-order valence-electron chi connectivity index (χ0n) is 22.5. The number of hydrazine groups is 2. The van der Waals surface area contributed by atoms with Crippen molar-refractivity contribution in [2.75, 3.05) is 17.2 Å². The fourth-order valence-corrected chi connectivity index (χ4v) is 5.36. The van der Waals surface area contributed by atoms with Crippen LogP contribution in [0.4, 0.5) is 15.8 Å². The summed E-state index contributed by atoms with van der Waals surface area (Å²) in [4.78, 5) is 8.29. The van der Waals surface area contributed by atoms with E-state index < -0.39 is 11.4 Å². The Morgan fingerprint density at radius 3 is 2.69 bits per heavy atom. The number of aliphatic hydroxyl groups is 1. The maximum atomic E-state index is 13.8. The first-order valence-corrected chi connectivity index (χ1v) is 13.9. The highest BCUT2D eigenvalue weighted by atomic mass is 35.5. The van der Waals surface area contributed by atoms with E-state index in [0.29, 0.717) is 56.6 Å². The molecule has 3 heterocycles. The molecule has 1 saturated carbocycles. The van der Waals surface area contributed by atoms with Gasteiger partial charge in [-0.1, -0.05) is 48.0 Å². The van der Waals surface area contributed by atoms with Crippen molar-refractivity contribution in [2.24, 2.45) is 0 Å². The number of nitrogens with zero attached hydrogens (tertiary/aromatic N) is 4. The first kappa shape index (κ1) is 27.8. The SMILES string of the molecule is [B][C@@](Nc1cc(Cl)c2ncc(C#N)c(N[C@H](CCO)c3ccccc3)c2c1)(C1=CN(C2CC2)NN1)c1ccc(F)nc1. The summed E-state index contributed by atoms with van der Waals surface area (Å²) in [5.41, 5.74) is 8.83. The Morgan fingerprint density at radius 1 is 1.19 bits per heavy atom. The highest BCUT2D eigenvalue weighted by Gasteiger charge is 2.38. The molecule has 1 aliphatic carbocycles. The molecule has 2 aliphatic rings. The summed E-state index contributed by atoms with van der Waals surface area (Å²) in [5, 5.41) is 29.5. The number of halogens is 2. The quantitative estimate of drug-likeness (QED) is 0.135. The Hall–Kier alpha value is -4.37. The van der Waals surface area contributed by atoms with Crippen molar-refractivity contribution in [3.63, 3.8) is 0 Å². The summed E-state index contributed by atoms with van der Waals surface area (Å²) in [6.07, 6.45) is 7.29. The number of fused-ring (bicyclic) bond motifs is 1. The molecule has 2 atom stereocenters. The predicted octanol–water partition coefficient (Wildman–Crippen LogP) is 4.59. The normalized spacial score (nSPS) is 16.7. The molecule has 5 N–H and O–H groups in total. The maximum Gasteiger partial charge on any atom is 0.212 e. The number of benzene rings is 2. The fraction of sp³-hybridized carbons (Fsp3) is 0.233. The van der Waals surface area contributed by atoms with E-state index in [-0.39, 0.29) is 12.6 Å². The minimum atomic E-state index is -1.37. The third kappa shape index (κ3) is 5.44. The molecule has 9 nitrogen and oxygen atoms in total. The minimum Gasteiger partial charge on any atom is -0.396 e. The number of rotatable bonds is 10. The van der Waals surface area contributed by atoms with Gasteiger partial charge in [0.2, 0.25) is 5.95 Å². The van der Waals surface area contributed by atoms with Crippen molar-refractivity contribution in [3.05, 3.63) is 107 Å². The second-order valence-electron chi connectivity index (χ2n) is 10.4. The van der Waals surface area contributed by atoms with Gasteiger partial charge >= 0.3 is 0 Å². The third-order valence-electron chi connectivity index (χ3n) is 7.46. The highest BCUT2D eigenvalue weighted by Crippen LogP contribution is 2.39. The predicted molar refractivity (Wildman–Crippen MR) is 160 cm³/mol. The van der Waals surface area contributed by atoms with E-state index in [1.54, 1.807) is 12.1 Å². The van der Waals surface area contributed by atoms with Crippen LogP contribution < -0.4 is 21.6 Å². The number of nitrogens with one attached hydrogen (secondary N) is 4. The summed E-state index contributed by atoms with van der Waals surface area (Å²) in [5.74, 6) is -0.623. The number of aromatic nitrogens is 2. The van der Waals surface area contributed by atoms with Crippen molar-refractivity contribution in [3.8, 4) is 6.07 Å². The van der Waals surface area contributed by atoms with Crippen molar-refractivity contribution in [2.45, 2.75) is 36.8 Å². The van der Waals surface area contributed by atoms with Gasteiger partial charge in [0.1, 0.15) is 13.9 Å². The van der Waals surface area contributed by atoms with Crippen molar-refractivity contribution in [1.29, 1.82) is 5.26 Å². The molecule has 6 rings (SSSR count). The molecule has 210 valence electrons. The van der Waals surface area contributed by atoms with Gasteiger partial charge in [-0.05, 0) is 48.6 Å². The number of nitriles is 1. The van der Waals surface area contributed by atoms with E-state index >= 15 is 0 Å². The van der Waals surface area contributed by atoms with Gasteiger partial charge in [0.05, 0.1) is 39.0 Å². The van der Waals surface area contributed by atoms with Crippen LogP contribution in [0.1, 0.15) is 42.0 Å². The van der Waals surface area contributed by atoms with Gasteiger partial charge in [-0.25, -0.2) is 4.98 Å². The molecule has 42 heavy (non-hydrogen) atoms. The lowest BCUT2D eigenvalue weighted by atomic mass is 9.70. The summed E-state index contributed by atoms with van der Waals surface area (Å²) in [6.45, 7) is -0.0551. The largest absolute Gasteiger partial charge is 0.396 e. The average Bonchev–Trinajstić information content (AvgIpc) is 3.73. The minimum absolute atomic E-state index is 0.0551. The molecule has 2 aromatic carbocycles. The van der Waals surface area contributed by atoms with E-state index in [1.165, 1.54) is 18.5 Å². The van der Waals surface area contributed by atoms with Crippen LogP contribution in [0, 0.1) is 17.3 Å². The van der Waals surface area contributed by atoms with Gasteiger partial charge in [-0.15, -0.1) is 5.53 Å². The second kappa shape index (κ2) is 11.5. The van der Waals surface area contributed by atoms with Crippen LogP contribution in [-0.4, -0.2) is 40.6 Å². The standard InChI is InChI=1S/C30H27BClFN8O/c31-30(20-6-9-27(33)35-16-20,26-17-41(40-39-26)22-7-8-22)38-21-12-23-28(19(14-34)15-36-29(23)24(32)13-21)37-25(10-11-42)18-4-2-1-3-5-18/h1-6,9,12-13,15-17,22,25,38-40,42H,7-8,10-11H2,(H,36,37)/t25-,30+/m1/s1. The van der Waals surface area contributed by atoms with Crippen LogP contribution in [0.15, 0.2) is 78.9 Å². The van der Waals surface area contributed by atoms with Crippen molar-refractivity contribution >= 4 is 41.7 Å². The van der Waals surface area contributed by atoms with Crippen LogP contribution in [-0.2, 0) is 5.44 Å². The van der Waals surface area contributed by atoms with Crippen molar-refractivity contribution in [1.82, 2.24) is 25.9 Å². The Morgan fingerprint density at radius 2 is 2.00 bits per heavy atom. The average molecular weight is 581 g/mol. The van der Waals surface area contributed by atoms with Crippen molar-refractivity contribution < 1.29 is 9.50 Å². The first-order valence-electron chi connectivity index (χ1n) is 13.6. The van der Waals surface area contributed by atoms with Gasteiger partial charge in [0.25, 0.3) is 0 Å². The molecule has 1 fully saturated rings. The van der Waals surface area contributed by atoms with E-state index in [2.05, 4.69) is 37.6 Å². The lowest BCUT2D eigenvalue weighted by Crippen LogP contribution is -2.45. The number of anilines is 2. The second-order valence-corrected chi connectivity index (χ2v) is 10.8. The van der Waals surface area contributed by atoms with Gasteiger partial charge in [0.15, 0.2) is 0 Å². The summed E-state index contributed by atoms with van der Waals surface area (Å²) in [7, 11) is 7.05. The molecule has 4 aromatic rings. The molecule has 1 aliphatic heterocycles. The van der Waals surface area contributed by atoms with Crippen LogP contribution in [0.3, 0.4) is 0 Å². The van der Waals surface area contributed by atoms with E-state index in [4.69, 9.17) is 19.4 Å². The molecule has 0 spiro atoms. The van der Waals surface area contributed by atoms with Gasteiger partial charge in [-0.3, -0.25) is 9.99 Å². The molecule has 0 amide bonds. The monoisotopic (exact) mass is 580 g/mol. The number of hydrogen-bond acceptors (Lipinski definition) is 9. The van der Waals surface area contributed by atoms with Gasteiger partial charge in [-0.2, -0.15) is 9.65 Å². The number of hydrogen-bond donors (Lipinski definition) is 5. The molecule has 2 radical (unpaired) electrons. The molecule has 2 aromatic heterocycles. The highest BCUT2D eigenvalue weighted by molar-refractivity contribution is 6.36. The molecule has 0 bridgehead atoms. The van der Waals surface area contributed by atoms with E-state index in [1.807, 2.05) is 47.6 Å². The number of pyridine rings is 2. The zero-order valence-corrected chi connectivity index (χ0v) is 23.2. The fourth-order valence-electron chi connectivity index (χ4n) is 5.09. The topological polar surface area (TPSA) is 121 Å². The first-order chi connectivity index (χ1) is 20.4. The number of aliphatic hydroxyl groups excluding tert-OH is 1. The maximum absolute atomic E-state index is 13.8. The molecular weight excluding hydrogens is 554 g/mol. The van der Waals surface area contributed by atoms with Crippen LogP contribution in [0.25, 0.3) is 10.9 Å². The van der Waals surface area contributed by atoms with E-state index in [0.717, 1.165) is 18.4 Å². The summed E-state index contributed by atoms with van der Waals surface area (Å²) < 4.78 is 13.8. The lowest BCUT2D eigenvalue weighted by molar-refractivity contribution is 0.260. The van der Waals surface area contributed by atoms with Gasteiger partial charge < -0.3 is 21.2 Å². The Kier molecular flexibility index (Phi) is 7.60. The van der Waals surface area contributed by atoms with E-state index in [9.17, 15) is 14.8 Å². The van der Waals surface area contributed by atoms with Gasteiger partial charge in [0, 0.05) is 42.3 Å². The Balaban J connectivity index is 1.44. The van der Waals surface area contributed by atoms with Crippen LogP contribution in [0.5, 0.6) is 0 Å². The molecule has 12 heteroatoms. The molecule has 0 unspecified atom stereocenters. The lowest BCUT2D eigenvalue weighted by Gasteiger charge is -2.34. The zero-order chi connectivity index (χ0) is 29.3. The third-order valence-corrected chi connectivity index (χ3v) is 7.75.